The molecule has 0 aliphatic carbocycles. The van der Waals surface area contributed by atoms with Crippen LogP contribution >= 0.6 is 11.6 Å². The zero-order valence-electron chi connectivity index (χ0n) is 17.0. The van der Waals surface area contributed by atoms with Gasteiger partial charge in [-0.1, -0.05) is 41.9 Å². The summed E-state index contributed by atoms with van der Waals surface area (Å²) in [5.41, 5.74) is 0.0506. The SMILES string of the molecule is C[N+](C)(CCl)CCCC=C(c1ccc(C(F)(F)F)cc1)c1ccc(C(F)(F)F)cc1.[I-]. The number of nitrogens with zero attached hydrogens (tertiary/aromatic N) is 1. The Bertz CT molecular complexity index is 796. The van der Waals surface area contributed by atoms with Gasteiger partial charge in [0, 0.05) is 6.42 Å². The molecule has 0 amide bonds. The highest BCUT2D eigenvalue weighted by molar-refractivity contribution is 6.16. The van der Waals surface area contributed by atoms with Crippen molar-refractivity contribution in [3.8, 4) is 0 Å². The lowest BCUT2D eigenvalue weighted by Crippen LogP contribution is -3.00. The molecule has 9 heteroatoms. The van der Waals surface area contributed by atoms with Crippen molar-refractivity contribution in [1.82, 2.24) is 0 Å². The fourth-order valence-corrected chi connectivity index (χ4v) is 3.02. The highest BCUT2D eigenvalue weighted by Gasteiger charge is 2.31. The summed E-state index contributed by atoms with van der Waals surface area (Å²) in [6, 6.07) is 9.68. The summed E-state index contributed by atoms with van der Waals surface area (Å²) in [5.74, 6) is 0. The first-order valence-corrected chi connectivity index (χ1v) is 9.80. The van der Waals surface area contributed by atoms with Gasteiger partial charge in [0.1, 0.15) is 0 Å². The van der Waals surface area contributed by atoms with Gasteiger partial charge in [0.15, 0.2) is 6.00 Å². The van der Waals surface area contributed by atoms with E-state index in [0.29, 0.717) is 33.6 Å². The monoisotopic (exact) mass is 577 g/mol. The van der Waals surface area contributed by atoms with E-state index in [9.17, 15) is 26.3 Å². The molecule has 0 fully saturated rings. The van der Waals surface area contributed by atoms with Crippen LogP contribution in [0.15, 0.2) is 54.6 Å². The van der Waals surface area contributed by atoms with Crippen LogP contribution < -0.4 is 24.0 Å². The normalized spacial score (nSPS) is 12.3. The lowest BCUT2D eigenvalue weighted by molar-refractivity contribution is -0.879. The largest absolute Gasteiger partial charge is 1.00 e. The molecule has 31 heavy (non-hydrogen) atoms. The summed E-state index contributed by atoms with van der Waals surface area (Å²) in [6.07, 6.45) is -5.69. The van der Waals surface area contributed by atoms with Crippen LogP contribution in [0.5, 0.6) is 0 Å². The summed E-state index contributed by atoms with van der Waals surface area (Å²) >= 11 is 5.90. The number of unbranched alkanes of at least 4 members (excludes halogenated alkanes) is 1. The second-order valence-electron chi connectivity index (χ2n) is 7.69. The average Bonchev–Trinajstić information content (AvgIpc) is 2.67. The van der Waals surface area contributed by atoms with Gasteiger partial charge in [0.2, 0.25) is 0 Å². The fourth-order valence-electron chi connectivity index (χ4n) is 2.91. The van der Waals surface area contributed by atoms with Crippen LogP contribution in [0, 0.1) is 0 Å². The van der Waals surface area contributed by atoms with Crippen molar-refractivity contribution < 1.29 is 54.8 Å². The van der Waals surface area contributed by atoms with Crippen LogP contribution in [0.4, 0.5) is 26.3 Å². The topological polar surface area (TPSA) is 0 Å². The van der Waals surface area contributed by atoms with Crippen molar-refractivity contribution in [1.29, 1.82) is 0 Å². The first-order valence-electron chi connectivity index (χ1n) is 9.27. The quantitative estimate of drug-likeness (QED) is 0.116. The van der Waals surface area contributed by atoms with Crippen molar-refractivity contribution in [3.63, 3.8) is 0 Å². The van der Waals surface area contributed by atoms with E-state index in [-0.39, 0.29) is 24.0 Å². The van der Waals surface area contributed by atoms with Crippen molar-refractivity contribution in [2.24, 2.45) is 0 Å². The molecule has 0 unspecified atom stereocenters. The molecule has 0 atom stereocenters. The molecule has 0 spiro atoms. The maximum absolute atomic E-state index is 12.9. The fraction of sp³-hybridized carbons (Fsp3) is 0.364. The van der Waals surface area contributed by atoms with E-state index >= 15 is 0 Å². The zero-order chi connectivity index (χ0) is 22.6. The molecule has 172 valence electrons. The van der Waals surface area contributed by atoms with Crippen LogP contribution in [0.25, 0.3) is 5.57 Å². The van der Waals surface area contributed by atoms with Gasteiger partial charge in [0.25, 0.3) is 0 Å². The van der Waals surface area contributed by atoms with Gasteiger partial charge < -0.3 is 28.5 Å². The van der Waals surface area contributed by atoms with Crippen LogP contribution in [0.2, 0.25) is 0 Å². The van der Waals surface area contributed by atoms with E-state index in [1.165, 1.54) is 24.3 Å². The van der Waals surface area contributed by atoms with Crippen molar-refractivity contribution >= 4 is 17.2 Å². The molecule has 0 saturated carbocycles. The lowest BCUT2D eigenvalue weighted by Gasteiger charge is -2.26. The Morgan fingerprint density at radius 1 is 0.806 bits per heavy atom. The first kappa shape index (κ1) is 27.8. The van der Waals surface area contributed by atoms with Crippen molar-refractivity contribution in [2.45, 2.75) is 25.2 Å². The highest BCUT2D eigenvalue weighted by atomic mass is 127. The minimum absolute atomic E-state index is 0. The third-order valence-electron chi connectivity index (χ3n) is 4.69. The molecule has 0 N–H and O–H groups in total. The molecule has 0 saturated heterocycles. The lowest BCUT2D eigenvalue weighted by atomic mass is 9.94. The van der Waals surface area contributed by atoms with Crippen LogP contribution in [0.3, 0.4) is 0 Å². The van der Waals surface area contributed by atoms with Gasteiger partial charge in [-0.05, 0) is 47.4 Å². The smallest absolute Gasteiger partial charge is 0.416 e. The highest BCUT2D eigenvalue weighted by Crippen LogP contribution is 2.33. The molecule has 0 aromatic heterocycles. The number of allylic oxidation sites excluding steroid dienone is 1. The number of quaternary nitrogens is 1. The van der Waals surface area contributed by atoms with E-state index < -0.39 is 23.5 Å². The predicted molar refractivity (Wildman–Crippen MR) is 107 cm³/mol. The van der Waals surface area contributed by atoms with Crippen LogP contribution in [-0.4, -0.2) is 31.1 Å². The van der Waals surface area contributed by atoms with Gasteiger partial charge in [0.05, 0.1) is 31.8 Å². The number of hydrogen-bond acceptors (Lipinski definition) is 0. The van der Waals surface area contributed by atoms with E-state index in [0.717, 1.165) is 37.2 Å². The summed E-state index contributed by atoms with van der Waals surface area (Å²) < 4.78 is 77.8. The molecular formula is C22H23ClF6IN. The Hall–Kier alpha value is -1.26. The number of rotatable bonds is 7. The summed E-state index contributed by atoms with van der Waals surface area (Å²) in [7, 11) is 3.95. The third-order valence-corrected chi connectivity index (χ3v) is 5.33. The molecule has 0 bridgehead atoms. The Labute approximate surface area is 200 Å². The number of alkyl halides is 7. The minimum Gasteiger partial charge on any atom is -1.00 e. The third kappa shape index (κ3) is 8.31. The maximum Gasteiger partial charge on any atom is 0.416 e. The summed E-state index contributed by atoms with van der Waals surface area (Å²) in [5, 5.41) is 0. The molecule has 2 aromatic rings. The Morgan fingerprint density at radius 2 is 1.19 bits per heavy atom. The van der Waals surface area contributed by atoms with Gasteiger partial charge in [-0.25, -0.2) is 0 Å². The molecule has 2 aromatic carbocycles. The minimum atomic E-state index is -4.46. The Balaban J connectivity index is 0.00000480. The van der Waals surface area contributed by atoms with Gasteiger partial charge in [-0.15, -0.1) is 0 Å². The Kier molecular flexibility index (Phi) is 9.90. The number of hydrogen-bond donors (Lipinski definition) is 0. The number of benzene rings is 2. The van der Waals surface area contributed by atoms with Gasteiger partial charge in [-0.3, -0.25) is 0 Å². The van der Waals surface area contributed by atoms with E-state index in [2.05, 4.69) is 0 Å². The van der Waals surface area contributed by atoms with Crippen molar-refractivity contribution in [2.75, 3.05) is 26.6 Å². The van der Waals surface area contributed by atoms with E-state index in [1.54, 1.807) is 0 Å². The molecule has 0 radical (unpaired) electrons. The summed E-state index contributed by atoms with van der Waals surface area (Å²) in [4.78, 5) is 0. The molecular weight excluding hydrogens is 555 g/mol. The molecule has 0 aliphatic rings. The average molecular weight is 578 g/mol. The maximum atomic E-state index is 12.9. The number of halogens is 8. The molecule has 0 heterocycles. The second kappa shape index (κ2) is 11.0. The Morgan fingerprint density at radius 3 is 1.52 bits per heavy atom. The van der Waals surface area contributed by atoms with Gasteiger partial charge >= 0.3 is 12.4 Å². The van der Waals surface area contributed by atoms with E-state index in [1.807, 2.05) is 20.2 Å². The van der Waals surface area contributed by atoms with Crippen LogP contribution in [0.1, 0.15) is 35.1 Å². The standard InChI is InChI=1S/C22H23ClF6N.HI/c1-30(2,15-23)14-4-3-5-20(16-6-10-18(11-7-16)21(24,25)26)17-8-12-19(13-9-17)22(27,28)29;/h5-13H,3-4,14-15H2,1-2H3;1H/q+1;/p-1. The summed E-state index contributed by atoms with van der Waals surface area (Å²) in [6.45, 7) is 0.785. The second-order valence-corrected chi connectivity index (χ2v) is 7.93. The first-order chi connectivity index (χ1) is 13.8. The zero-order valence-corrected chi connectivity index (χ0v) is 19.9. The predicted octanol–water partition coefficient (Wildman–Crippen LogP) is 4.21. The molecule has 1 nitrogen and oxygen atoms in total. The van der Waals surface area contributed by atoms with E-state index in [4.69, 9.17) is 11.6 Å². The molecule has 0 aliphatic heterocycles. The molecule has 2 rings (SSSR count). The van der Waals surface area contributed by atoms with Crippen molar-refractivity contribution in [3.05, 3.63) is 76.9 Å². The van der Waals surface area contributed by atoms with Gasteiger partial charge in [-0.2, -0.15) is 26.3 Å². The van der Waals surface area contributed by atoms with Crippen LogP contribution in [-0.2, 0) is 12.4 Å².